The number of alkyl halides is 7. The van der Waals surface area contributed by atoms with Crippen molar-refractivity contribution in [2.24, 2.45) is 0 Å². The topological polar surface area (TPSA) is 76.2 Å². The zero-order chi connectivity index (χ0) is 26.0. The maximum Gasteiger partial charge on any atom is 0.474 e. The van der Waals surface area contributed by atoms with Crippen LogP contribution in [-0.4, -0.2) is 83.2 Å². The van der Waals surface area contributed by atoms with E-state index in [1.54, 1.807) is 20.8 Å². The fourth-order valence-corrected chi connectivity index (χ4v) is 2.90. The number of amides is 2. The monoisotopic (exact) mass is 496 g/mol. The fourth-order valence-electron chi connectivity index (χ4n) is 2.90. The number of carbonyl (C=O) groups is 3. The maximum absolute atomic E-state index is 13.7. The van der Waals surface area contributed by atoms with Crippen molar-refractivity contribution in [3.63, 3.8) is 0 Å². The summed E-state index contributed by atoms with van der Waals surface area (Å²) in [5, 5.41) is 0. The molecule has 0 aromatic heterocycles. The van der Waals surface area contributed by atoms with Gasteiger partial charge in [-0.15, -0.1) is 0 Å². The Morgan fingerprint density at radius 2 is 1.58 bits per heavy atom. The van der Waals surface area contributed by atoms with Crippen molar-refractivity contribution in [2.45, 2.75) is 83.1 Å². The molecule has 1 rings (SSSR count). The van der Waals surface area contributed by atoms with Crippen molar-refractivity contribution >= 4 is 18.0 Å². The van der Waals surface area contributed by atoms with Gasteiger partial charge < -0.3 is 9.47 Å². The van der Waals surface area contributed by atoms with Crippen molar-refractivity contribution < 1.29 is 54.6 Å². The number of Topliss-reactive ketones (excluding diaryl/α,β-unsaturated/α-hetero) is 1. The molecule has 0 unspecified atom stereocenters. The van der Waals surface area contributed by atoms with E-state index >= 15 is 0 Å². The molecule has 0 saturated carbocycles. The summed E-state index contributed by atoms with van der Waals surface area (Å²) >= 11 is 0. The molecule has 1 saturated heterocycles. The van der Waals surface area contributed by atoms with Crippen LogP contribution in [0.25, 0.3) is 0 Å². The SMILES string of the molecule is CC(C)N(CC(=O)[C@@H]1CCCN1C(=O)OC(C)(C)C)C(=O)OC(F)(F)C(F)(F)C(F)(F)CF. The summed E-state index contributed by atoms with van der Waals surface area (Å²) in [5.41, 5.74) is -0.875. The molecule has 1 aliphatic rings. The minimum Gasteiger partial charge on any atom is -0.444 e. The lowest BCUT2D eigenvalue weighted by molar-refractivity contribution is -0.383. The van der Waals surface area contributed by atoms with Crippen LogP contribution in [-0.2, 0) is 14.3 Å². The Morgan fingerprint density at radius 1 is 1.03 bits per heavy atom. The van der Waals surface area contributed by atoms with Crippen molar-refractivity contribution in [1.29, 1.82) is 0 Å². The highest BCUT2D eigenvalue weighted by atomic mass is 19.4. The quantitative estimate of drug-likeness (QED) is 0.458. The van der Waals surface area contributed by atoms with Crippen molar-refractivity contribution in [1.82, 2.24) is 9.80 Å². The molecule has 2 amide bonds. The summed E-state index contributed by atoms with van der Waals surface area (Å²) in [4.78, 5) is 38.5. The average molecular weight is 496 g/mol. The molecular formula is C19H27F7N2O5. The van der Waals surface area contributed by atoms with Crippen LogP contribution in [0.4, 0.5) is 40.3 Å². The van der Waals surface area contributed by atoms with E-state index in [9.17, 15) is 45.1 Å². The number of halogens is 7. The molecule has 1 heterocycles. The van der Waals surface area contributed by atoms with E-state index in [2.05, 4.69) is 4.74 Å². The highest BCUT2D eigenvalue weighted by Crippen LogP contribution is 2.46. The van der Waals surface area contributed by atoms with Crippen molar-refractivity contribution in [3.8, 4) is 0 Å². The fraction of sp³-hybridized carbons (Fsp3) is 0.842. The predicted octanol–water partition coefficient (Wildman–Crippen LogP) is 4.63. The normalized spacial score (nSPS) is 17.8. The maximum atomic E-state index is 13.7. The van der Waals surface area contributed by atoms with Gasteiger partial charge in [0.25, 0.3) is 0 Å². The number of nitrogens with zero attached hydrogens (tertiary/aromatic N) is 2. The zero-order valence-electron chi connectivity index (χ0n) is 18.8. The predicted molar refractivity (Wildman–Crippen MR) is 100 cm³/mol. The summed E-state index contributed by atoms with van der Waals surface area (Å²) in [7, 11) is 0. The molecule has 1 atom stereocenters. The lowest BCUT2D eigenvalue weighted by Gasteiger charge is -2.33. The molecule has 0 bridgehead atoms. The molecule has 7 nitrogen and oxygen atoms in total. The van der Waals surface area contributed by atoms with Gasteiger partial charge in [0.15, 0.2) is 12.5 Å². The highest BCUT2D eigenvalue weighted by molar-refractivity contribution is 5.91. The second-order valence-corrected chi connectivity index (χ2v) is 8.82. The Hall–Kier alpha value is -2.28. The Bertz CT molecular complexity index is 741. The largest absolute Gasteiger partial charge is 0.474 e. The number of hydrogen-bond acceptors (Lipinski definition) is 5. The van der Waals surface area contributed by atoms with Crippen LogP contribution < -0.4 is 0 Å². The third-order valence-corrected chi connectivity index (χ3v) is 4.64. The van der Waals surface area contributed by atoms with Gasteiger partial charge in [0, 0.05) is 12.6 Å². The second-order valence-electron chi connectivity index (χ2n) is 8.82. The van der Waals surface area contributed by atoms with E-state index < -0.39 is 66.8 Å². The molecule has 33 heavy (non-hydrogen) atoms. The van der Waals surface area contributed by atoms with E-state index in [4.69, 9.17) is 4.74 Å². The van der Waals surface area contributed by atoms with Gasteiger partial charge in [-0.1, -0.05) is 0 Å². The minimum absolute atomic E-state index is 0.139. The molecule has 14 heteroatoms. The van der Waals surface area contributed by atoms with Gasteiger partial charge in [0.2, 0.25) is 0 Å². The third-order valence-electron chi connectivity index (χ3n) is 4.64. The summed E-state index contributed by atoms with van der Waals surface area (Å²) in [6.45, 7) is 3.30. The van der Waals surface area contributed by atoms with Crippen LogP contribution in [0.1, 0.15) is 47.5 Å². The highest BCUT2D eigenvalue weighted by Gasteiger charge is 2.75. The first-order valence-electron chi connectivity index (χ1n) is 9.98. The average Bonchev–Trinajstić information content (AvgIpc) is 3.13. The number of carbonyl (C=O) groups excluding carboxylic acids is 3. The number of rotatable bonds is 8. The third kappa shape index (κ3) is 6.62. The summed E-state index contributed by atoms with van der Waals surface area (Å²) < 4.78 is 101. The minimum atomic E-state index is -6.35. The van der Waals surface area contributed by atoms with Gasteiger partial charge in [-0.2, -0.15) is 26.3 Å². The van der Waals surface area contributed by atoms with E-state index in [1.165, 1.54) is 13.8 Å². The summed E-state index contributed by atoms with van der Waals surface area (Å²) in [6, 6.07) is -2.16. The van der Waals surface area contributed by atoms with E-state index in [-0.39, 0.29) is 13.0 Å². The van der Waals surface area contributed by atoms with Crippen molar-refractivity contribution in [3.05, 3.63) is 0 Å². The lowest BCUT2D eigenvalue weighted by atomic mass is 10.1. The molecule has 0 N–H and O–H groups in total. The molecule has 1 aliphatic heterocycles. The Balaban J connectivity index is 3.00. The lowest BCUT2D eigenvalue weighted by Crippen LogP contribution is -2.58. The van der Waals surface area contributed by atoms with Crippen LogP contribution in [0.5, 0.6) is 0 Å². The summed E-state index contributed by atoms with van der Waals surface area (Å²) in [6.07, 6.45) is -8.54. The first kappa shape index (κ1) is 28.8. The Kier molecular flexibility index (Phi) is 8.64. The van der Waals surface area contributed by atoms with E-state index in [0.29, 0.717) is 11.3 Å². The summed E-state index contributed by atoms with van der Waals surface area (Å²) in [5.74, 6) is -13.0. The Labute approximate surface area is 186 Å². The van der Waals surface area contributed by atoms with Gasteiger partial charge in [-0.05, 0) is 47.5 Å². The van der Waals surface area contributed by atoms with Gasteiger partial charge in [-0.25, -0.2) is 14.0 Å². The first-order chi connectivity index (χ1) is 14.8. The first-order valence-corrected chi connectivity index (χ1v) is 9.98. The van der Waals surface area contributed by atoms with Gasteiger partial charge in [0.1, 0.15) is 5.60 Å². The molecule has 0 aromatic rings. The Morgan fingerprint density at radius 3 is 2.03 bits per heavy atom. The van der Waals surface area contributed by atoms with Crippen LogP contribution in [0, 0.1) is 0 Å². The van der Waals surface area contributed by atoms with Crippen LogP contribution >= 0.6 is 0 Å². The smallest absolute Gasteiger partial charge is 0.444 e. The van der Waals surface area contributed by atoms with Crippen LogP contribution in [0.2, 0.25) is 0 Å². The molecule has 192 valence electrons. The standard InChI is InChI=1S/C19H27F7N2O5/c1-11(2)28(15(31)33-19(25,26)18(23,24)17(21,22)10-20)9-13(29)12-7-6-8-27(12)14(30)32-16(3,4)5/h11-12H,6-10H2,1-5H3/t12-/m0/s1. The van der Waals surface area contributed by atoms with E-state index in [0.717, 1.165) is 4.90 Å². The van der Waals surface area contributed by atoms with Gasteiger partial charge in [0.05, 0.1) is 12.6 Å². The number of hydrogen-bond donors (Lipinski definition) is 0. The number of likely N-dealkylation sites (tertiary alicyclic amines) is 1. The molecule has 0 radical (unpaired) electrons. The molecule has 0 aromatic carbocycles. The van der Waals surface area contributed by atoms with E-state index in [1.807, 2.05) is 0 Å². The molecule has 0 aliphatic carbocycles. The van der Waals surface area contributed by atoms with Gasteiger partial charge in [-0.3, -0.25) is 14.6 Å². The molecule has 0 spiro atoms. The molecular weight excluding hydrogens is 469 g/mol. The van der Waals surface area contributed by atoms with Crippen molar-refractivity contribution in [2.75, 3.05) is 19.8 Å². The van der Waals surface area contributed by atoms with Crippen LogP contribution in [0.3, 0.4) is 0 Å². The van der Waals surface area contributed by atoms with Crippen LogP contribution in [0.15, 0.2) is 0 Å². The number of ketones is 1. The van der Waals surface area contributed by atoms with Gasteiger partial charge >= 0.3 is 30.1 Å². The molecule has 1 fully saturated rings. The zero-order valence-corrected chi connectivity index (χ0v) is 18.8. The second kappa shape index (κ2) is 9.92. The number of ether oxygens (including phenoxy) is 2.